The van der Waals surface area contributed by atoms with Crippen molar-refractivity contribution in [2.45, 2.75) is 10.9 Å². The second kappa shape index (κ2) is 8.32. The third-order valence-corrected chi connectivity index (χ3v) is 6.82. The first-order valence-corrected chi connectivity index (χ1v) is 11.8. The van der Waals surface area contributed by atoms with Crippen molar-refractivity contribution in [3.05, 3.63) is 123 Å². The van der Waals surface area contributed by atoms with E-state index in [1.54, 1.807) is 10.6 Å². The van der Waals surface area contributed by atoms with Crippen LogP contribution in [0.1, 0.15) is 5.56 Å². The largest absolute Gasteiger partial charge is 0.423 e. The van der Waals surface area contributed by atoms with E-state index in [1.165, 1.54) is 17.8 Å². The van der Waals surface area contributed by atoms with Gasteiger partial charge in [0.2, 0.25) is 0 Å². The fourth-order valence-electron chi connectivity index (χ4n) is 4.29. The fraction of sp³-hybridized carbons (Fsp3) is 0.0357. The Morgan fingerprint density at radius 2 is 1.53 bits per heavy atom. The van der Waals surface area contributed by atoms with Gasteiger partial charge in [-0.05, 0) is 46.7 Å². The number of rotatable bonds is 4. The Hall–Kier alpha value is -4.16. The van der Waals surface area contributed by atoms with E-state index in [-0.39, 0.29) is 5.56 Å². The standard InChI is InChI=1S/C28H18N2O3S/c31-25-16-19(26-21-11-5-4-8-18(21)14-15-24(26)33-25)17-34-28-29-23-13-7-6-12-22(23)27(32)30(28)20-9-2-1-3-10-20/h1-16H,17H2. The Balaban J connectivity index is 1.53. The lowest BCUT2D eigenvalue weighted by atomic mass is 10.0. The number of fused-ring (bicyclic) bond motifs is 4. The van der Waals surface area contributed by atoms with Crippen LogP contribution in [0.2, 0.25) is 0 Å². The zero-order chi connectivity index (χ0) is 23.1. The molecule has 4 aromatic carbocycles. The van der Waals surface area contributed by atoms with Crippen LogP contribution in [0.25, 0.3) is 38.3 Å². The van der Waals surface area contributed by atoms with Gasteiger partial charge in [0.25, 0.3) is 5.56 Å². The zero-order valence-corrected chi connectivity index (χ0v) is 18.8. The molecule has 0 spiro atoms. The second-order valence-electron chi connectivity index (χ2n) is 7.93. The number of benzene rings is 4. The molecular weight excluding hydrogens is 444 g/mol. The van der Waals surface area contributed by atoms with Crippen molar-refractivity contribution >= 4 is 44.4 Å². The minimum absolute atomic E-state index is 0.123. The predicted octanol–water partition coefficient (Wildman–Crippen LogP) is 5.94. The van der Waals surface area contributed by atoms with Gasteiger partial charge >= 0.3 is 5.63 Å². The molecule has 5 nitrogen and oxygen atoms in total. The fourth-order valence-corrected chi connectivity index (χ4v) is 5.28. The number of hydrogen-bond acceptors (Lipinski definition) is 5. The molecule has 0 N–H and O–H groups in total. The first-order chi connectivity index (χ1) is 16.7. The van der Waals surface area contributed by atoms with Crippen molar-refractivity contribution in [2.75, 3.05) is 0 Å². The molecule has 6 heteroatoms. The van der Waals surface area contributed by atoms with E-state index in [1.807, 2.05) is 84.9 Å². The summed E-state index contributed by atoms with van der Waals surface area (Å²) in [4.78, 5) is 30.6. The maximum absolute atomic E-state index is 13.4. The van der Waals surface area contributed by atoms with Crippen molar-refractivity contribution in [1.82, 2.24) is 9.55 Å². The summed E-state index contributed by atoms with van der Waals surface area (Å²) in [7, 11) is 0. The second-order valence-corrected chi connectivity index (χ2v) is 8.87. The van der Waals surface area contributed by atoms with Gasteiger partial charge in [-0.2, -0.15) is 0 Å². The molecule has 6 aromatic rings. The molecule has 0 fully saturated rings. The summed E-state index contributed by atoms with van der Waals surface area (Å²) >= 11 is 1.43. The van der Waals surface area contributed by atoms with Gasteiger partial charge in [0, 0.05) is 17.2 Å². The summed E-state index contributed by atoms with van der Waals surface area (Å²) in [6.45, 7) is 0. The molecule has 0 unspecified atom stereocenters. The molecule has 2 aromatic heterocycles. The highest BCUT2D eigenvalue weighted by atomic mass is 32.2. The normalized spacial score (nSPS) is 11.4. The third-order valence-electron chi connectivity index (χ3n) is 5.83. The summed E-state index contributed by atoms with van der Waals surface area (Å²) in [5, 5.41) is 4.12. The number of para-hydroxylation sites is 2. The van der Waals surface area contributed by atoms with Gasteiger partial charge in [0.1, 0.15) is 5.58 Å². The molecule has 0 radical (unpaired) electrons. The van der Waals surface area contributed by atoms with Crippen LogP contribution < -0.4 is 11.2 Å². The molecule has 6 rings (SSSR count). The summed E-state index contributed by atoms with van der Waals surface area (Å²) in [5.41, 5.74) is 2.26. The van der Waals surface area contributed by atoms with Crippen molar-refractivity contribution in [3.8, 4) is 5.69 Å². The van der Waals surface area contributed by atoms with E-state index in [0.717, 1.165) is 27.4 Å². The molecule has 0 saturated heterocycles. The zero-order valence-electron chi connectivity index (χ0n) is 18.0. The van der Waals surface area contributed by atoms with Crippen molar-refractivity contribution < 1.29 is 4.42 Å². The lowest BCUT2D eigenvalue weighted by Crippen LogP contribution is -2.21. The monoisotopic (exact) mass is 462 g/mol. The Kier molecular flexibility index (Phi) is 5.00. The molecule has 0 bridgehead atoms. The number of thioether (sulfide) groups is 1. The Morgan fingerprint density at radius 3 is 2.38 bits per heavy atom. The van der Waals surface area contributed by atoms with Gasteiger partial charge in [-0.1, -0.05) is 72.4 Å². The average molecular weight is 463 g/mol. The van der Waals surface area contributed by atoms with Crippen molar-refractivity contribution in [2.24, 2.45) is 0 Å². The molecule has 0 aliphatic heterocycles. The van der Waals surface area contributed by atoms with E-state index in [2.05, 4.69) is 0 Å². The van der Waals surface area contributed by atoms with Crippen LogP contribution in [-0.2, 0) is 5.75 Å². The van der Waals surface area contributed by atoms with Crippen LogP contribution >= 0.6 is 11.8 Å². The lowest BCUT2D eigenvalue weighted by Gasteiger charge is -2.14. The Labute approximate surface area is 198 Å². The third kappa shape index (κ3) is 3.49. The maximum atomic E-state index is 13.4. The first kappa shape index (κ1) is 20.4. The van der Waals surface area contributed by atoms with E-state index >= 15 is 0 Å². The van der Waals surface area contributed by atoms with Crippen LogP contribution in [-0.4, -0.2) is 9.55 Å². The minimum Gasteiger partial charge on any atom is -0.423 e. The number of nitrogens with zero attached hydrogens (tertiary/aromatic N) is 2. The van der Waals surface area contributed by atoms with Gasteiger partial charge in [0.05, 0.1) is 16.6 Å². The lowest BCUT2D eigenvalue weighted by molar-refractivity contribution is 0.560. The highest BCUT2D eigenvalue weighted by Gasteiger charge is 2.15. The molecule has 34 heavy (non-hydrogen) atoms. The summed E-state index contributed by atoms with van der Waals surface area (Å²) in [5.74, 6) is 0.452. The van der Waals surface area contributed by atoms with Gasteiger partial charge in [0.15, 0.2) is 5.16 Å². The van der Waals surface area contributed by atoms with Crippen LogP contribution in [0.4, 0.5) is 0 Å². The first-order valence-electron chi connectivity index (χ1n) is 10.8. The number of hydrogen-bond donors (Lipinski definition) is 0. The average Bonchev–Trinajstić information content (AvgIpc) is 2.87. The van der Waals surface area contributed by atoms with Gasteiger partial charge in [-0.3, -0.25) is 9.36 Å². The van der Waals surface area contributed by atoms with E-state index in [0.29, 0.717) is 27.4 Å². The van der Waals surface area contributed by atoms with Gasteiger partial charge in [-0.25, -0.2) is 9.78 Å². The van der Waals surface area contributed by atoms with Gasteiger partial charge in [-0.15, -0.1) is 0 Å². The van der Waals surface area contributed by atoms with Gasteiger partial charge < -0.3 is 4.42 Å². The van der Waals surface area contributed by atoms with Crippen molar-refractivity contribution in [3.63, 3.8) is 0 Å². The topological polar surface area (TPSA) is 65.1 Å². The maximum Gasteiger partial charge on any atom is 0.336 e. The SMILES string of the molecule is O=c1cc(CSc2nc3ccccc3c(=O)n2-c2ccccc2)c2c(ccc3ccccc32)o1. The van der Waals surface area contributed by atoms with E-state index in [9.17, 15) is 9.59 Å². The Morgan fingerprint density at radius 1 is 0.794 bits per heavy atom. The van der Waals surface area contributed by atoms with Crippen LogP contribution in [0.5, 0.6) is 0 Å². The molecule has 0 saturated carbocycles. The Bertz CT molecular complexity index is 1810. The molecule has 0 atom stereocenters. The van der Waals surface area contributed by atoms with Crippen LogP contribution in [0.3, 0.4) is 0 Å². The molecule has 0 aliphatic rings. The number of aromatic nitrogens is 2. The summed E-state index contributed by atoms with van der Waals surface area (Å²) < 4.78 is 7.13. The minimum atomic E-state index is -0.398. The molecular formula is C28H18N2O3S. The van der Waals surface area contributed by atoms with Crippen LogP contribution in [0, 0.1) is 0 Å². The molecule has 0 aliphatic carbocycles. The quantitative estimate of drug-likeness (QED) is 0.140. The smallest absolute Gasteiger partial charge is 0.336 e. The van der Waals surface area contributed by atoms with Crippen LogP contribution in [0.15, 0.2) is 116 Å². The predicted molar refractivity (Wildman–Crippen MR) is 137 cm³/mol. The highest BCUT2D eigenvalue weighted by molar-refractivity contribution is 7.98. The highest BCUT2D eigenvalue weighted by Crippen LogP contribution is 2.31. The summed E-state index contributed by atoms with van der Waals surface area (Å²) in [6.07, 6.45) is 0. The summed E-state index contributed by atoms with van der Waals surface area (Å²) in [6, 6.07) is 30.2. The van der Waals surface area contributed by atoms with Crippen molar-refractivity contribution in [1.29, 1.82) is 0 Å². The van der Waals surface area contributed by atoms with E-state index < -0.39 is 5.63 Å². The van der Waals surface area contributed by atoms with E-state index in [4.69, 9.17) is 9.40 Å². The molecule has 164 valence electrons. The molecule has 2 heterocycles. The molecule has 0 amide bonds.